The summed E-state index contributed by atoms with van der Waals surface area (Å²) in [6.07, 6.45) is 2.31. The summed E-state index contributed by atoms with van der Waals surface area (Å²) in [6.45, 7) is 0.778. The first-order valence-corrected chi connectivity index (χ1v) is 12.4. The van der Waals surface area contributed by atoms with Crippen LogP contribution >= 0.6 is 0 Å². The highest BCUT2D eigenvalue weighted by Gasteiger charge is 2.26. The molecule has 182 valence electrons. The van der Waals surface area contributed by atoms with Crippen molar-refractivity contribution < 1.29 is 27.7 Å². The normalized spacial score (nSPS) is 13.6. The lowest BCUT2D eigenvalue weighted by Gasteiger charge is -2.23. The van der Waals surface area contributed by atoms with Gasteiger partial charge in [0, 0.05) is 38.2 Å². The summed E-state index contributed by atoms with van der Waals surface area (Å²) in [4.78, 5) is 36.8. The molecule has 0 aliphatic carbocycles. The molecule has 2 amide bonds. The monoisotopic (exact) mass is 490 g/mol. The number of methoxy groups -OCH3 is 1. The molecule has 2 aromatic carbocycles. The fourth-order valence-electron chi connectivity index (χ4n) is 3.68. The van der Waals surface area contributed by atoms with Crippen LogP contribution in [0.25, 0.3) is 0 Å². The van der Waals surface area contributed by atoms with Crippen molar-refractivity contribution in [3.63, 3.8) is 0 Å². The van der Waals surface area contributed by atoms with E-state index in [-0.39, 0.29) is 29.6 Å². The molecule has 1 N–H and O–H groups in total. The molecule has 1 heterocycles. The van der Waals surface area contributed by atoms with Crippen molar-refractivity contribution in [1.82, 2.24) is 10.2 Å². The number of rotatable bonds is 10. The molecule has 1 aliphatic heterocycles. The van der Waals surface area contributed by atoms with Crippen molar-refractivity contribution in [2.45, 2.75) is 25.9 Å². The number of hydrogen-bond acceptors (Lipinski definition) is 7. The summed E-state index contributed by atoms with van der Waals surface area (Å²) < 4.78 is 30.8. The van der Waals surface area contributed by atoms with Gasteiger partial charge >= 0.3 is 0 Å². The minimum absolute atomic E-state index is 0.0768. The van der Waals surface area contributed by atoms with Crippen molar-refractivity contribution in [3.8, 4) is 5.75 Å². The van der Waals surface area contributed by atoms with Crippen molar-refractivity contribution in [2.24, 2.45) is 0 Å². The molecule has 0 saturated carbocycles. The van der Waals surface area contributed by atoms with E-state index < -0.39 is 27.4 Å². The van der Waals surface area contributed by atoms with E-state index in [0.29, 0.717) is 13.0 Å². The summed E-state index contributed by atoms with van der Waals surface area (Å²) >= 11 is 0. The average Bonchev–Trinajstić information content (AvgIpc) is 3.19. The largest absolute Gasteiger partial charge is 0.495 e. The summed E-state index contributed by atoms with van der Waals surface area (Å²) in [5.41, 5.74) is 1.28. The Hall–Kier alpha value is -3.67. The number of ether oxygens (including phenoxy) is 1. The third kappa shape index (κ3) is 6.22. The number of non-ortho nitro benzene ring substituents is 1. The molecule has 2 aromatic rings. The smallest absolute Gasteiger partial charge is 0.271 e. The molecular weight excluding hydrogens is 464 g/mol. The maximum atomic E-state index is 12.6. The number of nitro groups is 1. The van der Waals surface area contributed by atoms with E-state index in [1.165, 1.54) is 19.2 Å². The van der Waals surface area contributed by atoms with Crippen LogP contribution in [-0.4, -0.2) is 56.5 Å². The highest BCUT2D eigenvalue weighted by Crippen LogP contribution is 2.33. The minimum Gasteiger partial charge on any atom is -0.495 e. The number of hydrogen-bond donors (Lipinski definition) is 1. The second kappa shape index (κ2) is 10.5. The summed E-state index contributed by atoms with van der Waals surface area (Å²) in [7, 11) is -2.66. The van der Waals surface area contributed by atoms with Gasteiger partial charge in [0.15, 0.2) is 0 Å². The zero-order chi connectivity index (χ0) is 24.9. The summed E-state index contributed by atoms with van der Waals surface area (Å²) in [6, 6.07) is 10.9. The lowest BCUT2D eigenvalue weighted by atomic mass is 10.1. The third-order valence-corrected chi connectivity index (χ3v) is 6.48. The molecule has 34 heavy (non-hydrogen) atoms. The number of anilines is 1. The molecule has 0 aromatic heterocycles. The molecule has 12 heteroatoms. The van der Waals surface area contributed by atoms with Gasteiger partial charge in [0.05, 0.1) is 18.3 Å². The van der Waals surface area contributed by atoms with Gasteiger partial charge in [0.2, 0.25) is 21.8 Å². The molecule has 1 fully saturated rings. The molecule has 0 radical (unpaired) electrons. The van der Waals surface area contributed by atoms with E-state index >= 15 is 0 Å². The van der Waals surface area contributed by atoms with E-state index in [4.69, 9.17) is 4.74 Å². The van der Waals surface area contributed by atoms with Gasteiger partial charge in [-0.15, -0.1) is 0 Å². The van der Waals surface area contributed by atoms with Gasteiger partial charge in [-0.1, -0.05) is 24.3 Å². The molecule has 0 atom stereocenters. The first kappa shape index (κ1) is 25.0. The molecule has 1 aliphatic rings. The van der Waals surface area contributed by atoms with Crippen molar-refractivity contribution in [2.75, 3.05) is 30.8 Å². The van der Waals surface area contributed by atoms with E-state index in [2.05, 4.69) is 5.32 Å². The number of benzene rings is 2. The van der Waals surface area contributed by atoms with E-state index in [1.54, 1.807) is 4.90 Å². The number of sulfonamides is 1. The Labute approximate surface area is 197 Å². The van der Waals surface area contributed by atoms with Crippen LogP contribution < -0.4 is 14.4 Å². The maximum absolute atomic E-state index is 12.6. The quantitative estimate of drug-likeness (QED) is 0.396. The Balaban J connectivity index is 1.71. The second-order valence-corrected chi connectivity index (χ2v) is 9.81. The van der Waals surface area contributed by atoms with Gasteiger partial charge in [-0.3, -0.25) is 24.0 Å². The predicted molar refractivity (Wildman–Crippen MR) is 125 cm³/mol. The Kier molecular flexibility index (Phi) is 7.72. The standard InChI is InChI=1S/C22H26N4O7S/c1-33-20-9-8-18(26(29)30)12-19(20)25(34(2,31)32)15-21(27)23-13-16-5-3-6-17(11-16)14-24-10-4-7-22(24)28/h3,5-6,8-9,11-12H,4,7,10,13-15H2,1-2H3,(H,23,27). The predicted octanol–water partition coefficient (Wildman–Crippen LogP) is 1.81. The fraction of sp³-hybridized carbons (Fsp3) is 0.364. The van der Waals surface area contributed by atoms with Crippen LogP contribution in [0.1, 0.15) is 24.0 Å². The van der Waals surface area contributed by atoms with Gasteiger partial charge in [-0.2, -0.15) is 0 Å². The number of likely N-dealkylation sites (tertiary alicyclic amines) is 1. The van der Waals surface area contributed by atoms with Gasteiger partial charge in [0.25, 0.3) is 5.69 Å². The number of nitrogens with zero attached hydrogens (tertiary/aromatic N) is 3. The van der Waals surface area contributed by atoms with Crippen molar-refractivity contribution in [1.29, 1.82) is 0 Å². The van der Waals surface area contributed by atoms with Gasteiger partial charge in [-0.25, -0.2) is 8.42 Å². The fourth-order valence-corrected chi connectivity index (χ4v) is 4.54. The Morgan fingerprint density at radius 3 is 2.59 bits per heavy atom. The average molecular weight is 491 g/mol. The second-order valence-electron chi connectivity index (χ2n) is 7.90. The van der Waals surface area contributed by atoms with Crippen LogP contribution in [0, 0.1) is 10.1 Å². The lowest BCUT2D eigenvalue weighted by Crippen LogP contribution is -2.40. The molecule has 11 nitrogen and oxygen atoms in total. The van der Waals surface area contributed by atoms with Crippen LogP contribution in [0.15, 0.2) is 42.5 Å². The number of nitro benzene ring substituents is 1. The van der Waals surface area contributed by atoms with Crippen LogP contribution in [0.3, 0.4) is 0 Å². The molecule has 3 rings (SSSR count). The number of carbonyl (C=O) groups is 2. The first-order valence-electron chi connectivity index (χ1n) is 10.5. The maximum Gasteiger partial charge on any atom is 0.271 e. The number of carbonyl (C=O) groups excluding carboxylic acids is 2. The Bertz CT molecular complexity index is 1200. The Morgan fingerprint density at radius 1 is 1.24 bits per heavy atom. The molecular formula is C22H26N4O7S. The van der Waals surface area contributed by atoms with Gasteiger partial charge < -0.3 is 15.0 Å². The molecule has 0 spiro atoms. The molecule has 1 saturated heterocycles. The SMILES string of the molecule is COc1ccc([N+](=O)[O-])cc1N(CC(=O)NCc1cccc(CN2CCCC2=O)c1)S(C)(=O)=O. The van der Waals surface area contributed by atoms with Crippen molar-refractivity contribution in [3.05, 3.63) is 63.7 Å². The number of nitrogens with one attached hydrogen (secondary N) is 1. The zero-order valence-electron chi connectivity index (χ0n) is 18.9. The summed E-state index contributed by atoms with van der Waals surface area (Å²) in [5.74, 6) is -0.400. The van der Waals surface area contributed by atoms with E-state index in [0.717, 1.165) is 40.7 Å². The van der Waals surface area contributed by atoms with Crippen LogP contribution in [0.4, 0.5) is 11.4 Å². The third-order valence-electron chi connectivity index (χ3n) is 5.36. The van der Waals surface area contributed by atoms with Crippen molar-refractivity contribution >= 4 is 33.2 Å². The van der Waals surface area contributed by atoms with Gasteiger partial charge in [-0.05, 0) is 23.6 Å². The van der Waals surface area contributed by atoms with Crippen LogP contribution in [0.2, 0.25) is 0 Å². The van der Waals surface area contributed by atoms with Crippen LogP contribution in [-0.2, 0) is 32.7 Å². The van der Waals surface area contributed by atoms with Gasteiger partial charge in [0.1, 0.15) is 18.0 Å². The lowest BCUT2D eigenvalue weighted by molar-refractivity contribution is -0.384. The van der Waals surface area contributed by atoms with E-state index in [1.807, 2.05) is 24.3 Å². The van der Waals surface area contributed by atoms with Crippen LogP contribution in [0.5, 0.6) is 5.75 Å². The topological polar surface area (TPSA) is 139 Å². The number of amides is 2. The van der Waals surface area contributed by atoms with E-state index in [9.17, 15) is 28.1 Å². The molecule has 0 bridgehead atoms. The highest BCUT2D eigenvalue weighted by molar-refractivity contribution is 7.92. The minimum atomic E-state index is -3.96. The Morgan fingerprint density at radius 2 is 1.97 bits per heavy atom. The molecule has 0 unspecified atom stereocenters. The first-order chi connectivity index (χ1) is 16.1. The summed E-state index contributed by atoms with van der Waals surface area (Å²) in [5, 5.41) is 13.8. The zero-order valence-corrected chi connectivity index (χ0v) is 19.7. The highest BCUT2D eigenvalue weighted by atomic mass is 32.2.